The van der Waals surface area contributed by atoms with Crippen molar-refractivity contribution in [2.45, 2.75) is 20.3 Å². The molecular formula is C13H12Cl2N2O. The molecule has 18 heavy (non-hydrogen) atoms. The monoisotopic (exact) mass is 282 g/mol. The number of aryl methyl sites for hydroxylation is 1. The smallest absolute Gasteiger partial charge is 0.226 e. The van der Waals surface area contributed by atoms with E-state index in [9.17, 15) is 4.79 Å². The van der Waals surface area contributed by atoms with E-state index in [0.717, 1.165) is 22.6 Å². The summed E-state index contributed by atoms with van der Waals surface area (Å²) in [5.74, 6) is 0. The summed E-state index contributed by atoms with van der Waals surface area (Å²) in [7, 11) is 0. The van der Waals surface area contributed by atoms with Gasteiger partial charge in [0.1, 0.15) is 0 Å². The van der Waals surface area contributed by atoms with Crippen LogP contribution >= 0.6 is 23.2 Å². The summed E-state index contributed by atoms with van der Waals surface area (Å²) in [6, 6.07) is 7.38. The predicted octanol–water partition coefficient (Wildman–Crippen LogP) is 3.45. The molecule has 2 aromatic rings. The third-order valence-corrected chi connectivity index (χ3v) is 3.21. The summed E-state index contributed by atoms with van der Waals surface area (Å²) in [6.07, 6.45) is 0.201. The normalized spacial score (nSPS) is 10.7. The molecule has 94 valence electrons. The second-order valence-electron chi connectivity index (χ2n) is 4.07. The van der Waals surface area contributed by atoms with Gasteiger partial charge in [-0.05, 0) is 49.7 Å². The van der Waals surface area contributed by atoms with Crippen molar-refractivity contribution >= 4 is 28.4 Å². The van der Waals surface area contributed by atoms with E-state index in [4.69, 9.17) is 23.2 Å². The highest BCUT2D eigenvalue weighted by molar-refractivity contribution is 6.63. The number of hydrogen-bond acceptors (Lipinski definition) is 2. The predicted molar refractivity (Wildman–Crippen MR) is 72.6 cm³/mol. The van der Waals surface area contributed by atoms with Crippen LogP contribution in [-0.4, -0.2) is 15.0 Å². The van der Waals surface area contributed by atoms with E-state index in [0.29, 0.717) is 5.02 Å². The zero-order chi connectivity index (χ0) is 13.3. The third-order valence-electron chi connectivity index (χ3n) is 2.83. The Morgan fingerprint density at radius 2 is 1.89 bits per heavy atom. The van der Waals surface area contributed by atoms with Gasteiger partial charge in [0.2, 0.25) is 5.24 Å². The van der Waals surface area contributed by atoms with Crippen LogP contribution in [0.5, 0.6) is 0 Å². The number of carbonyl (C=O) groups is 1. The molecule has 0 unspecified atom stereocenters. The topological polar surface area (TPSA) is 34.9 Å². The Bertz CT molecular complexity index is 588. The molecule has 5 heteroatoms. The summed E-state index contributed by atoms with van der Waals surface area (Å²) in [5.41, 5.74) is 3.53. The van der Waals surface area contributed by atoms with E-state index in [1.807, 2.05) is 26.0 Å². The molecule has 0 aliphatic heterocycles. The minimum Gasteiger partial charge on any atom is -0.281 e. The van der Waals surface area contributed by atoms with Crippen LogP contribution < -0.4 is 0 Å². The first-order valence-electron chi connectivity index (χ1n) is 5.48. The molecule has 0 aliphatic rings. The number of rotatable bonds is 3. The van der Waals surface area contributed by atoms with Gasteiger partial charge in [0, 0.05) is 16.3 Å². The van der Waals surface area contributed by atoms with Gasteiger partial charge >= 0.3 is 0 Å². The Balaban J connectivity index is 2.46. The Morgan fingerprint density at radius 3 is 2.44 bits per heavy atom. The van der Waals surface area contributed by atoms with Crippen LogP contribution in [0.2, 0.25) is 5.02 Å². The maximum absolute atomic E-state index is 11.0. The number of benzene rings is 1. The van der Waals surface area contributed by atoms with Crippen LogP contribution in [-0.2, 0) is 11.2 Å². The highest BCUT2D eigenvalue weighted by atomic mass is 35.5. The second-order valence-corrected chi connectivity index (χ2v) is 4.93. The molecule has 0 amide bonds. The second kappa shape index (κ2) is 5.12. The third kappa shape index (κ3) is 2.57. The van der Waals surface area contributed by atoms with Crippen LogP contribution in [0.4, 0.5) is 0 Å². The van der Waals surface area contributed by atoms with Crippen LogP contribution in [0, 0.1) is 13.8 Å². The molecular weight excluding hydrogens is 271 g/mol. The summed E-state index contributed by atoms with van der Waals surface area (Å²) >= 11 is 11.3. The van der Waals surface area contributed by atoms with Gasteiger partial charge in [-0.25, -0.2) is 4.68 Å². The maximum atomic E-state index is 11.0. The van der Waals surface area contributed by atoms with Gasteiger partial charge in [0.25, 0.3) is 0 Å². The lowest BCUT2D eigenvalue weighted by Gasteiger charge is -2.04. The number of halogens is 2. The van der Waals surface area contributed by atoms with Crippen LogP contribution in [0.25, 0.3) is 5.69 Å². The highest BCUT2D eigenvalue weighted by Crippen LogP contribution is 2.20. The molecule has 3 nitrogen and oxygen atoms in total. The largest absolute Gasteiger partial charge is 0.281 e. The summed E-state index contributed by atoms with van der Waals surface area (Å²) < 4.78 is 1.79. The fourth-order valence-electron chi connectivity index (χ4n) is 1.90. The number of aromatic nitrogens is 2. The van der Waals surface area contributed by atoms with E-state index in [2.05, 4.69) is 5.10 Å². The summed E-state index contributed by atoms with van der Waals surface area (Å²) in [6.45, 7) is 3.79. The van der Waals surface area contributed by atoms with Crippen molar-refractivity contribution in [2.24, 2.45) is 0 Å². The molecule has 0 spiro atoms. The zero-order valence-electron chi connectivity index (χ0n) is 10.1. The zero-order valence-corrected chi connectivity index (χ0v) is 11.6. The van der Waals surface area contributed by atoms with Gasteiger partial charge in [0.05, 0.1) is 17.8 Å². The first-order chi connectivity index (χ1) is 8.49. The molecule has 1 aromatic heterocycles. The molecule has 0 aliphatic carbocycles. The van der Waals surface area contributed by atoms with Crippen molar-refractivity contribution in [3.63, 3.8) is 0 Å². The van der Waals surface area contributed by atoms with Crippen molar-refractivity contribution in [3.8, 4) is 5.69 Å². The number of nitrogens with zero attached hydrogens (tertiary/aromatic N) is 2. The average molecular weight is 283 g/mol. The molecule has 0 bridgehead atoms. The van der Waals surface area contributed by atoms with Gasteiger partial charge in [-0.3, -0.25) is 4.79 Å². The summed E-state index contributed by atoms with van der Waals surface area (Å²) in [4.78, 5) is 11.0. The molecule has 0 saturated carbocycles. The van der Waals surface area contributed by atoms with Gasteiger partial charge in [-0.1, -0.05) is 11.6 Å². The molecule has 0 radical (unpaired) electrons. The first kappa shape index (κ1) is 13.1. The standard InChI is InChI=1S/C13H12Cl2N2O/c1-8-12(7-13(15)18)9(2)17(16-8)11-5-3-10(14)4-6-11/h3-6H,7H2,1-2H3. The Hall–Kier alpha value is -1.32. The minimum atomic E-state index is -0.378. The quantitative estimate of drug-likeness (QED) is 0.809. The molecule has 2 rings (SSSR count). The Morgan fingerprint density at radius 1 is 1.28 bits per heavy atom. The van der Waals surface area contributed by atoms with Gasteiger partial charge < -0.3 is 0 Å². The van der Waals surface area contributed by atoms with Crippen molar-refractivity contribution in [1.82, 2.24) is 9.78 Å². The highest BCUT2D eigenvalue weighted by Gasteiger charge is 2.14. The molecule has 0 atom stereocenters. The van der Waals surface area contributed by atoms with Crippen molar-refractivity contribution in [2.75, 3.05) is 0 Å². The van der Waals surface area contributed by atoms with E-state index in [1.165, 1.54) is 0 Å². The van der Waals surface area contributed by atoms with Crippen molar-refractivity contribution in [3.05, 3.63) is 46.2 Å². The number of hydrogen-bond donors (Lipinski definition) is 0. The van der Waals surface area contributed by atoms with Crippen LogP contribution in [0.15, 0.2) is 24.3 Å². The lowest BCUT2D eigenvalue weighted by molar-refractivity contribution is -0.111. The van der Waals surface area contributed by atoms with Gasteiger partial charge in [-0.2, -0.15) is 5.10 Å². The van der Waals surface area contributed by atoms with E-state index >= 15 is 0 Å². The molecule has 0 saturated heterocycles. The van der Waals surface area contributed by atoms with Crippen LogP contribution in [0.1, 0.15) is 17.0 Å². The molecule has 1 heterocycles. The molecule has 0 fully saturated rings. The van der Waals surface area contributed by atoms with E-state index < -0.39 is 0 Å². The van der Waals surface area contributed by atoms with E-state index in [1.54, 1.807) is 16.8 Å². The van der Waals surface area contributed by atoms with Gasteiger partial charge in [0.15, 0.2) is 0 Å². The first-order valence-corrected chi connectivity index (χ1v) is 6.24. The molecule has 0 N–H and O–H groups in total. The minimum absolute atomic E-state index is 0.201. The van der Waals surface area contributed by atoms with Gasteiger partial charge in [-0.15, -0.1) is 0 Å². The lowest BCUT2D eigenvalue weighted by atomic mass is 10.1. The average Bonchev–Trinajstić information content (AvgIpc) is 2.58. The maximum Gasteiger partial charge on any atom is 0.226 e. The SMILES string of the molecule is Cc1nn(-c2ccc(Cl)cc2)c(C)c1CC(=O)Cl. The fourth-order valence-corrected chi connectivity index (χ4v) is 2.16. The van der Waals surface area contributed by atoms with Crippen molar-refractivity contribution < 1.29 is 4.79 Å². The van der Waals surface area contributed by atoms with Crippen molar-refractivity contribution in [1.29, 1.82) is 0 Å². The lowest BCUT2D eigenvalue weighted by Crippen LogP contribution is -2.00. The molecule has 1 aromatic carbocycles. The fraction of sp³-hybridized carbons (Fsp3) is 0.231. The number of carbonyl (C=O) groups excluding carboxylic acids is 1. The summed E-state index contributed by atoms with van der Waals surface area (Å²) in [5, 5.41) is 4.73. The van der Waals surface area contributed by atoms with Crippen LogP contribution in [0.3, 0.4) is 0 Å². The Kier molecular flexibility index (Phi) is 3.73. The van der Waals surface area contributed by atoms with E-state index in [-0.39, 0.29) is 11.7 Å². The Labute approximate surface area is 115 Å².